The Morgan fingerprint density at radius 2 is 0.402 bits per heavy atom. The fraction of sp³-hybridized carbons (Fsp3) is 0.934. The Labute approximate surface area is 513 Å². The lowest BCUT2D eigenvalue weighted by Crippen LogP contribution is -2.30. The molecule has 0 aliphatic heterocycles. The van der Waals surface area contributed by atoms with Gasteiger partial charge in [0.2, 0.25) is 0 Å². The van der Waals surface area contributed by atoms with Crippen molar-refractivity contribution < 1.29 is 28.6 Å². The molecule has 0 saturated carbocycles. The van der Waals surface area contributed by atoms with Crippen molar-refractivity contribution in [3.05, 3.63) is 12.2 Å². The maximum absolute atomic E-state index is 13.0. The van der Waals surface area contributed by atoms with Crippen LogP contribution in [-0.4, -0.2) is 37.2 Å². The number of allylic oxidation sites excluding steroid dienone is 2. The molecule has 0 amide bonds. The van der Waals surface area contributed by atoms with E-state index in [1.54, 1.807) is 0 Å². The second-order valence-electron chi connectivity index (χ2n) is 25.9. The fourth-order valence-corrected chi connectivity index (χ4v) is 11.9. The van der Waals surface area contributed by atoms with Gasteiger partial charge in [0, 0.05) is 19.3 Å². The molecule has 0 aromatic heterocycles. The van der Waals surface area contributed by atoms with Crippen molar-refractivity contribution >= 4 is 17.9 Å². The van der Waals surface area contributed by atoms with Gasteiger partial charge in [-0.2, -0.15) is 0 Å². The lowest BCUT2D eigenvalue weighted by Gasteiger charge is -2.18. The quantitative estimate of drug-likeness (QED) is 0.0261. The Morgan fingerprint density at radius 1 is 0.232 bits per heavy atom. The first-order chi connectivity index (χ1) is 40.5. The highest BCUT2D eigenvalue weighted by molar-refractivity contribution is 5.71. The Bertz CT molecular complexity index is 1280. The van der Waals surface area contributed by atoms with E-state index in [4.69, 9.17) is 14.2 Å². The summed E-state index contributed by atoms with van der Waals surface area (Å²) < 4.78 is 17.0. The van der Waals surface area contributed by atoms with Crippen LogP contribution in [0.3, 0.4) is 0 Å². The molecule has 1 unspecified atom stereocenters. The van der Waals surface area contributed by atoms with Gasteiger partial charge in [-0.15, -0.1) is 0 Å². The summed E-state index contributed by atoms with van der Waals surface area (Å²) in [5.41, 5.74) is 0. The molecule has 0 fully saturated rings. The molecule has 0 rings (SSSR count). The summed E-state index contributed by atoms with van der Waals surface area (Å²) >= 11 is 0. The van der Waals surface area contributed by atoms with Crippen LogP contribution in [0.2, 0.25) is 0 Å². The number of carbonyl (C=O) groups is 3. The van der Waals surface area contributed by atoms with Crippen LogP contribution in [0.5, 0.6) is 0 Å². The maximum atomic E-state index is 13.0. The maximum Gasteiger partial charge on any atom is 0.306 e. The van der Waals surface area contributed by atoms with Gasteiger partial charge in [-0.05, 0) is 44.9 Å². The van der Waals surface area contributed by atoms with Gasteiger partial charge in [0.25, 0.3) is 0 Å². The summed E-state index contributed by atoms with van der Waals surface area (Å²) in [6.45, 7) is 6.74. The van der Waals surface area contributed by atoms with E-state index in [1.165, 1.54) is 340 Å². The highest BCUT2D eigenvalue weighted by Gasteiger charge is 2.20. The van der Waals surface area contributed by atoms with Gasteiger partial charge in [0.15, 0.2) is 6.10 Å². The molecular formula is C76H146O6. The van der Waals surface area contributed by atoms with E-state index in [2.05, 4.69) is 32.9 Å². The summed E-state index contributed by atoms with van der Waals surface area (Å²) in [5, 5.41) is 0. The molecule has 0 spiro atoms. The van der Waals surface area contributed by atoms with Gasteiger partial charge in [-0.3, -0.25) is 14.4 Å². The summed E-state index contributed by atoms with van der Waals surface area (Å²) in [5.74, 6) is -0.821. The highest BCUT2D eigenvalue weighted by Crippen LogP contribution is 2.20. The number of ether oxygens (including phenoxy) is 3. The zero-order valence-electron chi connectivity index (χ0n) is 56.1. The Morgan fingerprint density at radius 3 is 0.610 bits per heavy atom. The summed E-state index contributed by atoms with van der Waals surface area (Å²) in [6.07, 6.45) is 86.8. The molecule has 6 nitrogen and oxygen atoms in total. The van der Waals surface area contributed by atoms with E-state index >= 15 is 0 Å². The van der Waals surface area contributed by atoms with Crippen molar-refractivity contribution in [3.63, 3.8) is 0 Å². The smallest absolute Gasteiger partial charge is 0.306 e. The van der Waals surface area contributed by atoms with E-state index in [0.717, 1.165) is 57.8 Å². The van der Waals surface area contributed by atoms with Crippen molar-refractivity contribution in [2.24, 2.45) is 0 Å². The van der Waals surface area contributed by atoms with Crippen LogP contribution in [0.25, 0.3) is 0 Å². The largest absolute Gasteiger partial charge is 0.462 e. The number of esters is 3. The van der Waals surface area contributed by atoms with E-state index in [0.29, 0.717) is 19.3 Å². The third kappa shape index (κ3) is 68.9. The topological polar surface area (TPSA) is 78.9 Å². The van der Waals surface area contributed by atoms with Crippen LogP contribution in [0, 0.1) is 0 Å². The monoisotopic (exact) mass is 1160 g/mol. The lowest BCUT2D eigenvalue weighted by molar-refractivity contribution is -0.167. The minimum atomic E-state index is -0.766. The number of rotatable bonds is 71. The van der Waals surface area contributed by atoms with Crippen LogP contribution < -0.4 is 0 Å². The molecule has 0 aromatic rings. The number of hydrogen-bond acceptors (Lipinski definition) is 6. The summed E-state index contributed by atoms with van der Waals surface area (Å²) in [4.78, 5) is 38.5. The molecule has 0 bridgehead atoms. The Balaban J connectivity index is 4.21. The molecule has 486 valence electrons. The first-order valence-corrected chi connectivity index (χ1v) is 37.7. The SMILES string of the molecule is CCCCCCCCCC/C=C\CCCCCCCCCCCCCCCCCC(=O)OCC(COC(=O)CCCCCCCCCCCCCCCCC)OC(=O)CCCCCCCCCCCCCCCCCCCCCCCC. The predicted molar refractivity (Wildman–Crippen MR) is 358 cm³/mol. The van der Waals surface area contributed by atoms with E-state index in [9.17, 15) is 14.4 Å². The molecule has 6 heteroatoms. The Kier molecular flexibility index (Phi) is 70.0. The second kappa shape index (κ2) is 71.6. The molecule has 0 N–H and O–H groups in total. The molecule has 0 saturated heterocycles. The second-order valence-corrected chi connectivity index (χ2v) is 25.9. The number of hydrogen-bond donors (Lipinski definition) is 0. The number of unbranched alkanes of at least 4 members (excludes halogenated alkanes) is 58. The zero-order valence-corrected chi connectivity index (χ0v) is 56.1. The number of carbonyl (C=O) groups excluding carboxylic acids is 3. The standard InChI is InChI=1S/C76H146O6/c1-4-7-10-13-16-19-22-25-28-30-32-34-36-37-38-39-40-42-43-45-48-51-54-57-60-63-66-69-75(78)81-72-73(71-80-74(77)68-65-62-59-56-53-50-47-27-24-21-18-15-12-9-6-3)82-76(79)70-67-64-61-58-55-52-49-46-44-41-35-33-31-29-26-23-20-17-14-11-8-5-2/h30,32,73H,4-29,31,33-72H2,1-3H3/b32-30-. The van der Waals surface area contributed by atoms with Crippen LogP contribution in [0.15, 0.2) is 12.2 Å². The van der Waals surface area contributed by atoms with E-state index in [1.807, 2.05) is 0 Å². The van der Waals surface area contributed by atoms with Crippen molar-refractivity contribution in [3.8, 4) is 0 Å². The fourth-order valence-electron chi connectivity index (χ4n) is 11.9. The van der Waals surface area contributed by atoms with Gasteiger partial charge in [-0.1, -0.05) is 386 Å². The summed E-state index contributed by atoms with van der Waals surface area (Å²) in [7, 11) is 0. The van der Waals surface area contributed by atoms with Crippen molar-refractivity contribution in [2.45, 2.75) is 444 Å². The minimum absolute atomic E-state index is 0.0618. The van der Waals surface area contributed by atoms with Gasteiger partial charge < -0.3 is 14.2 Å². The molecule has 0 aliphatic carbocycles. The molecule has 1 atom stereocenters. The van der Waals surface area contributed by atoms with Crippen LogP contribution >= 0.6 is 0 Å². The predicted octanol–water partition coefficient (Wildman–Crippen LogP) is 26.0. The molecule has 82 heavy (non-hydrogen) atoms. The third-order valence-electron chi connectivity index (χ3n) is 17.5. The van der Waals surface area contributed by atoms with Crippen LogP contribution in [0.1, 0.15) is 438 Å². The van der Waals surface area contributed by atoms with Gasteiger partial charge in [0.05, 0.1) is 0 Å². The molecule has 0 radical (unpaired) electrons. The third-order valence-corrected chi connectivity index (χ3v) is 17.5. The van der Waals surface area contributed by atoms with Crippen LogP contribution in [0.4, 0.5) is 0 Å². The average molecular weight is 1160 g/mol. The minimum Gasteiger partial charge on any atom is -0.462 e. The lowest BCUT2D eigenvalue weighted by atomic mass is 10.0. The normalized spacial score (nSPS) is 12.0. The van der Waals surface area contributed by atoms with Crippen molar-refractivity contribution in [2.75, 3.05) is 13.2 Å². The molecule has 0 aromatic carbocycles. The molecular weight excluding hydrogens is 1010 g/mol. The average Bonchev–Trinajstić information content (AvgIpc) is 3.47. The first kappa shape index (κ1) is 80.2. The highest BCUT2D eigenvalue weighted by atomic mass is 16.6. The first-order valence-electron chi connectivity index (χ1n) is 37.7. The van der Waals surface area contributed by atoms with E-state index < -0.39 is 6.10 Å². The van der Waals surface area contributed by atoms with Gasteiger partial charge >= 0.3 is 17.9 Å². The van der Waals surface area contributed by atoms with E-state index in [-0.39, 0.29) is 31.1 Å². The van der Waals surface area contributed by atoms with Gasteiger partial charge in [0.1, 0.15) is 13.2 Å². The molecule has 0 heterocycles. The van der Waals surface area contributed by atoms with Crippen molar-refractivity contribution in [1.82, 2.24) is 0 Å². The van der Waals surface area contributed by atoms with Gasteiger partial charge in [-0.25, -0.2) is 0 Å². The van der Waals surface area contributed by atoms with Crippen LogP contribution in [-0.2, 0) is 28.6 Å². The van der Waals surface area contributed by atoms with Crippen molar-refractivity contribution in [1.29, 1.82) is 0 Å². The molecule has 0 aliphatic rings. The Hall–Kier alpha value is -1.85. The summed E-state index contributed by atoms with van der Waals surface area (Å²) in [6, 6.07) is 0. The zero-order chi connectivity index (χ0) is 59.2.